The minimum atomic E-state index is 0.210. The van der Waals surface area contributed by atoms with Gasteiger partial charge in [-0.25, -0.2) is 0 Å². The van der Waals surface area contributed by atoms with E-state index in [2.05, 4.69) is 23.6 Å². The molecule has 2 unspecified atom stereocenters. The molecule has 0 aromatic heterocycles. The van der Waals surface area contributed by atoms with Crippen LogP contribution < -0.4 is 0 Å². The van der Waals surface area contributed by atoms with Gasteiger partial charge in [-0.2, -0.15) is 0 Å². The van der Waals surface area contributed by atoms with Gasteiger partial charge < -0.3 is 0 Å². The summed E-state index contributed by atoms with van der Waals surface area (Å²) < 4.78 is 0. The second kappa shape index (κ2) is 5.28. The molecule has 3 heterocycles. The van der Waals surface area contributed by atoms with Crippen LogP contribution in [0.1, 0.15) is 33.1 Å². The molecule has 0 aromatic rings. The van der Waals surface area contributed by atoms with Crippen molar-refractivity contribution in [2.45, 2.75) is 39.2 Å². The van der Waals surface area contributed by atoms with Crippen LogP contribution in [0.25, 0.3) is 0 Å². The van der Waals surface area contributed by atoms with Crippen LogP contribution in [0, 0.1) is 5.92 Å². The summed E-state index contributed by atoms with van der Waals surface area (Å²) in [5.74, 6) is 1.04. The molecule has 3 aliphatic rings. The van der Waals surface area contributed by atoms with Gasteiger partial charge >= 0.3 is 0 Å². The number of hydrogen-bond acceptors (Lipinski definition) is 3. The van der Waals surface area contributed by atoms with E-state index in [0.717, 1.165) is 39.1 Å². The Bertz CT molecular complexity index is 246. The van der Waals surface area contributed by atoms with E-state index in [0.29, 0.717) is 11.7 Å². The lowest BCUT2D eigenvalue weighted by atomic mass is 9.93. The molecule has 0 N–H and O–H groups in total. The summed E-state index contributed by atoms with van der Waals surface area (Å²) in [6.07, 6.45) is 3.15. The Morgan fingerprint density at radius 3 is 2.50 bits per heavy atom. The molecule has 92 valence electrons. The number of nitrogens with zero attached hydrogens (tertiary/aromatic N) is 2. The van der Waals surface area contributed by atoms with Gasteiger partial charge in [0.05, 0.1) is 6.04 Å². The van der Waals surface area contributed by atoms with Crippen molar-refractivity contribution in [3.63, 3.8) is 0 Å². The topological polar surface area (TPSA) is 23.6 Å². The van der Waals surface area contributed by atoms with Crippen molar-refractivity contribution in [1.29, 1.82) is 0 Å². The van der Waals surface area contributed by atoms with Gasteiger partial charge in [0, 0.05) is 39.1 Å². The average Bonchev–Trinajstić information content (AvgIpc) is 2.30. The minimum Gasteiger partial charge on any atom is -0.299 e. The van der Waals surface area contributed by atoms with Crippen LogP contribution in [0.3, 0.4) is 0 Å². The number of piperazine rings is 3. The van der Waals surface area contributed by atoms with Crippen LogP contribution in [0.5, 0.6) is 0 Å². The quantitative estimate of drug-likeness (QED) is 0.705. The van der Waals surface area contributed by atoms with Crippen LogP contribution in [-0.4, -0.2) is 54.3 Å². The number of fused-ring (bicyclic) bond motifs is 3. The van der Waals surface area contributed by atoms with Gasteiger partial charge in [-0.3, -0.25) is 14.6 Å². The number of Topliss-reactive ketones (excluding diaryl/α,β-unsaturated/α-hetero) is 1. The zero-order chi connectivity index (χ0) is 11.5. The van der Waals surface area contributed by atoms with E-state index < -0.39 is 0 Å². The Morgan fingerprint density at radius 2 is 2.00 bits per heavy atom. The summed E-state index contributed by atoms with van der Waals surface area (Å²) in [6.45, 7) is 9.90. The fourth-order valence-corrected chi connectivity index (χ4v) is 3.00. The molecule has 3 heteroatoms. The van der Waals surface area contributed by atoms with E-state index in [1.54, 1.807) is 0 Å². The third kappa shape index (κ3) is 2.64. The van der Waals surface area contributed by atoms with Gasteiger partial charge in [-0.15, -0.1) is 0 Å². The first-order valence-corrected chi connectivity index (χ1v) is 6.69. The molecule has 3 nitrogen and oxygen atoms in total. The lowest BCUT2D eigenvalue weighted by molar-refractivity contribution is -0.130. The highest BCUT2D eigenvalue weighted by molar-refractivity contribution is 5.84. The fourth-order valence-electron chi connectivity index (χ4n) is 3.00. The molecule has 0 aliphatic carbocycles. The maximum atomic E-state index is 12.2. The number of ketones is 1. The Morgan fingerprint density at radius 1 is 1.31 bits per heavy atom. The van der Waals surface area contributed by atoms with E-state index in [1.165, 1.54) is 12.8 Å². The second-order valence-electron chi connectivity index (χ2n) is 5.42. The van der Waals surface area contributed by atoms with Crippen molar-refractivity contribution in [2.75, 3.05) is 32.7 Å². The number of carbonyl (C=O) groups is 1. The van der Waals surface area contributed by atoms with Crippen molar-refractivity contribution >= 4 is 5.78 Å². The highest BCUT2D eigenvalue weighted by atomic mass is 16.1. The molecular formula is C13H24N2O. The highest BCUT2D eigenvalue weighted by Gasteiger charge is 2.35. The number of rotatable bonds is 5. The number of carbonyl (C=O) groups excluding carboxylic acids is 1. The van der Waals surface area contributed by atoms with Crippen molar-refractivity contribution < 1.29 is 4.79 Å². The molecular weight excluding hydrogens is 200 g/mol. The summed E-state index contributed by atoms with van der Waals surface area (Å²) in [5.41, 5.74) is 0. The first-order valence-electron chi connectivity index (χ1n) is 6.69. The molecule has 16 heavy (non-hydrogen) atoms. The molecule has 0 saturated carbocycles. The SMILES string of the molecule is CCCC(C)CC(=O)C1CN2CCN1CC2. The summed E-state index contributed by atoms with van der Waals surface area (Å²) in [7, 11) is 0. The predicted molar refractivity (Wildman–Crippen MR) is 65.5 cm³/mol. The maximum Gasteiger partial charge on any atom is 0.151 e. The summed E-state index contributed by atoms with van der Waals surface area (Å²) in [5, 5.41) is 0. The monoisotopic (exact) mass is 224 g/mol. The van der Waals surface area contributed by atoms with Crippen molar-refractivity contribution in [1.82, 2.24) is 9.80 Å². The first-order chi connectivity index (χ1) is 7.70. The lowest BCUT2D eigenvalue weighted by Gasteiger charge is -2.46. The van der Waals surface area contributed by atoms with Gasteiger partial charge in [0.1, 0.15) is 0 Å². The lowest BCUT2D eigenvalue weighted by Crippen LogP contribution is -2.63. The molecule has 0 radical (unpaired) electrons. The maximum absolute atomic E-state index is 12.2. The molecule has 3 rings (SSSR count). The van der Waals surface area contributed by atoms with Gasteiger partial charge in [-0.05, 0) is 5.92 Å². The molecule has 3 saturated heterocycles. The normalized spacial score (nSPS) is 35.0. The summed E-state index contributed by atoms with van der Waals surface area (Å²) >= 11 is 0. The molecule has 0 aromatic carbocycles. The van der Waals surface area contributed by atoms with Crippen LogP contribution in [0.4, 0.5) is 0 Å². The summed E-state index contributed by atoms with van der Waals surface area (Å²) in [6, 6.07) is 0.210. The van der Waals surface area contributed by atoms with Crippen LogP contribution in [0.2, 0.25) is 0 Å². The Kier molecular flexibility index (Phi) is 3.98. The fraction of sp³-hybridized carbons (Fsp3) is 0.923. The third-order valence-electron chi connectivity index (χ3n) is 3.98. The average molecular weight is 224 g/mol. The van der Waals surface area contributed by atoms with Gasteiger partial charge in [0.25, 0.3) is 0 Å². The number of hydrogen-bond donors (Lipinski definition) is 0. The van der Waals surface area contributed by atoms with E-state index in [4.69, 9.17) is 0 Å². The Hall–Kier alpha value is -0.410. The largest absolute Gasteiger partial charge is 0.299 e. The van der Waals surface area contributed by atoms with Crippen LogP contribution in [-0.2, 0) is 4.79 Å². The minimum absolute atomic E-state index is 0.210. The summed E-state index contributed by atoms with van der Waals surface area (Å²) in [4.78, 5) is 17.0. The van der Waals surface area contributed by atoms with E-state index in [1.807, 2.05) is 0 Å². The molecule has 0 spiro atoms. The van der Waals surface area contributed by atoms with E-state index >= 15 is 0 Å². The first kappa shape index (κ1) is 12.1. The van der Waals surface area contributed by atoms with Gasteiger partial charge in [-0.1, -0.05) is 26.7 Å². The molecule has 2 bridgehead atoms. The standard InChI is InChI=1S/C13H24N2O/c1-3-4-11(2)9-13(16)12-10-14-5-7-15(12)8-6-14/h11-12H,3-10H2,1-2H3. The zero-order valence-electron chi connectivity index (χ0n) is 10.6. The molecule has 3 fully saturated rings. The molecule has 3 aliphatic heterocycles. The van der Waals surface area contributed by atoms with Gasteiger partial charge in [0.15, 0.2) is 5.78 Å². The van der Waals surface area contributed by atoms with Crippen LogP contribution in [0.15, 0.2) is 0 Å². The smallest absolute Gasteiger partial charge is 0.151 e. The zero-order valence-corrected chi connectivity index (χ0v) is 10.6. The van der Waals surface area contributed by atoms with Crippen molar-refractivity contribution in [3.8, 4) is 0 Å². The van der Waals surface area contributed by atoms with E-state index in [-0.39, 0.29) is 6.04 Å². The van der Waals surface area contributed by atoms with E-state index in [9.17, 15) is 4.79 Å². The third-order valence-corrected chi connectivity index (χ3v) is 3.98. The van der Waals surface area contributed by atoms with Crippen molar-refractivity contribution in [2.24, 2.45) is 5.92 Å². The van der Waals surface area contributed by atoms with Gasteiger partial charge in [0.2, 0.25) is 0 Å². The Balaban J connectivity index is 1.85. The Labute approximate surface area is 98.8 Å². The molecule has 0 amide bonds. The van der Waals surface area contributed by atoms with Crippen molar-refractivity contribution in [3.05, 3.63) is 0 Å². The predicted octanol–water partition coefficient (Wildman–Crippen LogP) is 1.38. The highest BCUT2D eigenvalue weighted by Crippen LogP contribution is 2.20. The van der Waals surface area contributed by atoms with Crippen LogP contribution >= 0.6 is 0 Å². The molecule has 2 atom stereocenters. The second-order valence-corrected chi connectivity index (χ2v) is 5.42.